The number of carbonyl (C=O) groups is 2. The van der Waals surface area contributed by atoms with Gasteiger partial charge < -0.3 is 9.47 Å². The van der Waals surface area contributed by atoms with E-state index in [1.165, 1.54) is 44.9 Å². The van der Waals surface area contributed by atoms with Gasteiger partial charge in [-0.2, -0.15) is 0 Å². The van der Waals surface area contributed by atoms with Crippen LogP contribution in [0.25, 0.3) is 0 Å². The third-order valence-corrected chi connectivity index (χ3v) is 3.62. The lowest BCUT2D eigenvalue weighted by Gasteiger charge is -2.16. The summed E-state index contributed by atoms with van der Waals surface area (Å²) in [6.45, 7) is 8.90. The lowest BCUT2D eigenvalue weighted by molar-refractivity contribution is -0.182. The molecule has 0 aliphatic rings. The molecule has 0 aromatic carbocycles. The predicted molar refractivity (Wildman–Crippen MR) is 92.8 cm³/mol. The Morgan fingerprint density at radius 1 is 0.783 bits per heavy atom. The summed E-state index contributed by atoms with van der Waals surface area (Å²) < 4.78 is 10.0. The van der Waals surface area contributed by atoms with Crippen molar-refractivity contribution in [2.45, 2.75) is 83.8 Å². The van der Waals surface area contributed by atoms with Gasteiger partial charge in [-0.1, -0.05) is 77.9 Å². The van der Waals surface area contributed by atoms with Crippen LogP contribution in [-0.2, 0) is 19.1 Å². The summed E-state index contributed by atoms with van der Waals surface area (Å²) in [5, 5.41) is 0. The first-order valence-corrected chi connectivity index (χ1v) is 8.80. The molecule has 0 rings (SSSR count). The molecule has 0 amide bonds. The average molecular weight is 324 g/mol. The second-order valence-electron chi connectivity index (χ2n) is 5.68. The van der Waals surface area contributed by atoms with E-state index in [0.717, 1.165) is 31.4 Å². The van der Waals surface area contributed by atoms with E-state index in [1.54, 1.807) is 0 Å². The van der Waals surface area contributed by atoms with Gasteiger partial charge in [0.25, 0.3) is 0 Å². The van der Waals surface area contributed by atoms with Gasteiger partial charge in [-0.25, -0.2) is 9.59 Å². The van der Waals surface area contributed by atoms with Crippen LogP contribution >= 0.6 is 0 Å². The van der Waals surface area contributed by atoms with Crippen molar-refractivity contribution < 1.29 is 19.1 Å². The minimum Gasteiger partial charge on any atom is -0.422 e. The molecule has 0 unspecified atom stereocenters. The summed E-state index contributed by atoms with van der Waals surface area (Å²) in [5.74, 6) is -1.17. The van der Waals surface area contributed by atoms with Crippen LogP contribution in [0.5, 0.6) is 0 Å². The molecule has 23 heavy (non-hydrogen) atoms. The van der Waals surface area contributed by atoms with Gasteiger partial charge in [-0.05, 0) is 6.42 Å². The fraction of sp³-hybridized carbons (Fsp3) is 0.684. The fourth-order valence-corrected chi connectivity index (χ4v) is 2.30. The Morgan fingerprint density at radius 2 is 1.17 bits per heavy atom. The molecule has 0 spiro atoms. The fourth-order valence-electron chi connectivity index (χ4n) is 2.30. The molecule has 0 aromatic rings. The molecule has 0 bridgehead atoms. The number of hydrogen-bond acceptors (Lipinski definition) is 4. The first-order valence-electron chi connectivity index (χ1n) is 8.80. The van der Waals surface area contributed by atoms with E-state index in [-0.39, 0.29) is 0 Å². The Kier molecular flexibility index (Phi) is 14.3. The number of unbranched alkanes of at least 4 members (excludes halogenated alkanes) is 9. The average Bonchev–Trinajstić information content (AvgIpc) is 2.55. The molecule has 0 aliphatic heterocycles. The van der Waals surface area contributed by atoms with Crippen molar-refractivity contribution in [3.05, 3.63) is 25.3 Å². The Balaban J connectivity index is 3.73. The summed E-state index contributed by atoms with van der Waals surface area (Å²) in [7, 11) is 0. The molecule has 0 saturated heterocycles. The molecule has 0 radical (unpaired) electrons. The first kappa shape index (κ1) is 21.4. The van der Waals surface area contributed by atoms with Crippen LogP contribution in [0.4, 0.5) is 0 Å². The zero-order chi connectivity index (χ0) is 17.3. The molecule has 0 fully saturated rings. The molecule has 0 saturated carbocycles. The summed E-state index contributed by atoms with van der Waals surface area (Å²) in [6, 6.07) is 0. The molecule has 132 valence electrons. The molecule has 0 atom stereocenters. The minimum absolute atomic E-state index is 0.510. The highest BCUT2D eigenvalue weighted by molar-refractivity contribution is 5.82. The first-order chi connectivity index (χ1) is 11.1. The van der Waals surface area contributed by atoms with Crippen LogP contribution in [-0.4, -0.2) is 18.2 Å². The highest BCUT2D eigenvalue weighted by Gasteiger charge is 2.15. The topological polar surface area (TPSA) is 52.6 Å². The number of carbonyl (C=O) groups excluding carboxylic acids is 2. The van der Waals surface area contributed by atoms with Crippen molar-refractivity contribution in [1.29, 1.82) is 0 Å². The number of hydrogen-bond donors (Lipinski definition) is 0. The highest BCUT2D eigenvalue weighted by atomic mass is 16.7. The van der Waals surface area contributed by atoms with E-state index >= 15 is 0 Å². The van der Waals surface area contributed by atoms with Crippen molar-refractivity contribution in [3.63, 3.8) is 0 Å². The molecule has 4 heteroatoms. The third kappa shape index (κ3) is 13.8. The molecule has 0 aromatic heterocycles. The van der Waals surface area contributed by atoms with Crippen molar-refractivity contribution in [2.24, 2.45) is 0 Å². The van der Waals surface area contributed by atoms with Crippen LogP contribution in [0.1, 0.15) is 77.6 Å². The van der Waals surface area contributed by atoms with Crippen LogP contribution in [0.15, 0.2) is 25.3 Å². The summed E-state index contributed by atoms with van der Waals surface area (Å²) >= 11 is 0. The van der Waals surface area contributed by atoms with Crippen molar-refractivity contribution >= 4 is 11.9 Å². The van der Waals surface area contributed by atoms with E-state index < -0.39 is 18.2 Å². The molecule has 0 aliphatic carbocycles. The van der Waals surface area contributed by atoms with Gasteiger partial charge in [0.1, 0.15) is 0 Å². The smallest absolute Gasteiger partial charge is 0.333 e. The van der Waals surface area contributed by atoms with Crippen molar-refractivity contribution in [3.8, 4) is 0 Å². The largest absolute Gasteiger partial charge is 0.422 e. The number of ether oxygens (including phenoxy) is 2. The third-order valence-electron chi connectivity index (χ3n) is 3.62. The van der Waals surface area contributed by atoms with Crippen LogP contribution in [0, 0.1) is 0 Å². The molecule has 0 heterocycles. The van der Waals surface area contributed by atoms with E-state index in [4.69, 9.17) is 9.47 Å². The summed E-state index contributed by atoms with van der Waals surface area (Å²) in [4.78, 5) is 22.4. The molecule has 0 N–H and O–H groups in total. The maximum absolute atomic E-state index is 11.2. The molecule has 4 nitrogen and oxygen atoms in total. The van der Waals surface area contributed by atoms with Crippen molar-refractivity contribution in [1.82, 2.24) is 0 Å². The maximum Gasteiger partial charge on any atom is 0.333 e. The lowest BCUT2D eigenvalue weighted by atomic mass is 10.1. The van der Waals surface area contributed by atoms with Crippen LogP contribution < -0.4 is 0 Å². The second kappa shape index (κ2) is 15.3. The Labute approximate surface area is 140 Å². The van der Waals surface area contributed by atoms with Gasteiger partial charge in [0.2, 0.25) is 6.29 Å². The number of rotatable bonds is 15. The van der Waals surface area contributed by atoms with E-state index in [9.17, 15) is 9.59 Å². The van der Waals surface area contributed by atoms with Gasteiger partial charge >= 0.3 is 11.9 Å². The Bertz CT molecular complexity index is 327. The second-order valence-corrected chi connectivity index (χ2v) is 5.68. The highest BCUT2D eigenvalue weighted by Crippen LogP contribution is 2.14. The molecular weight excluding hydrogens is 292 g/mol. The lowest BCUT2D eigenvalue weighted by Crippen LogP contribution is -2.23. The zero-order valence-corrected chi connectivity index (χ0v) is 14.6. The SMILES string of the molecule is C=CC(=O)OC(CCCCCCCCCCCC)OC(=O)C=C. The van der Waals surface area contributed by atoms with Gasteiger partial charge in [0.15, 0.2) is 0 Å². The Morgan fingerprint density at radius 3 is 1.57 bits per heavy atom. The summed E-state index contributed by atoms with van der Waals surface area (Å²) in [6.07, 6.45) is 14.0. The normalized spacial score (nSPS) is 10.3. The van der Waals surface area contributed by atoms with E-state index in [1.807, 2.05) is 0 Å². The van der Waals surface area contributed by atoms with Crippen LogP contribution in [0.3, 0.4) is 0 Å². The monoisotopic (exact) mass is 324 g/mol. The zero-order valence-electron chi connectivity index (χ0n) is 14.6. The standard InChI is InChI=1S/C19H32O4/c1-4-7-8-9-10-11-12-13-14-15-16-19(22-17(20)5-2)23-18(21)6-3/h5-6,19H,2-4,7-16H2,1H3. The maximum atomic E-state index is 11.2. The van der Waals surface area contributed by atoms with Gasteiger partial charge in [0.05, 0.1) is 0 Å². The Hall–Kier alpha value is -1.58. The quantitative estimate of drug-likeness (QED) is 0.182. The van der Waals surface area contributed by atoms with Gasteiger partial charge in [-0.3, -0.25) is 0 Å². The van der Waals surface area contributed by atoms with Gasteiger partial charge in [0, 0.05) is 18.6 Å². The number of esters is 2. The van der Waals surface area contributed by atoms with Gasteiger partial charge in [-0.15, -0.1) is 0 Å². The van der Waals surface area contributed by atoms with Crippen molar-refractivity contribution in [2.75, 3.05) is 0 Å². The summed E-state index contributed by atoms with van der Waals surface area (Å²) in [5.41, 5.74) is 0. The van der Waals surface area contributed by atoms with E-state index in [0.29, 0.717) is 6.42 Å². The minimum atomic E-state index is -0.847. The molecular formula is C19H32O4. The van der Waals surface area contributed by atoms with Crippen LogP contribution in [0.2, 0.25) is 0 Å². The van der Waals surface area contributed by atoms with E-state index in [2.05, 4.69) is 20.1 Å². The predicted octanol–water partition coefficient (Wildman–Crippen LogP) is 5.08.